The molecular weight excluding hydrogens is 254 g/mol. The molecule has 0 saturated heterocycles. The van der Waals surface area contributed by atoms with Gasteiger partial charge in [0.1, 0.15) is 5.60 Å². The summed E-state index contributed by atoms with van der Waals surface area (Å²) in [4.78, 5) is 17.9. The molecule has 2 rings (SSSR count). The monoisotopic (exact) mass is 275 g/mol. The molecule has 2 N–H and O–H groups in total. The van der Waals surface area contributed by atoms with Crippen molar-refractivity contribution in [2.24, 2.45) is 5.73 Å². The van der Waals surface area contributed by atoms with Crippen LogP contribution in [0.1, 0.15) is 26.3 Å². The van der Waals surface area contributed by atoms with Gasteiger partial charge < -0.3 is 15.4 Å². The average Bonchev–Trinajstić information content (AvgIpc) is 2.37. The van der Waals surface area contributed by atoms with Crippen LogP contribution in [0.4, 0.5) is 4.79 Å². The lowest BCUT2D eigenvalue weighted by atomic mass is 10.0. The van der Waals surface area contributed by atoms with Crippen molar-refractivity contribution in [2.75, 3.05) is 13.1 Å². The molecule has 5 heteroatoms. The van der Waals surface area contributed by atoms with Gasteiger partial charge in [-0.1, -0.05) is 12.1 Å². The number of ether oxygens (including phenoxy) is 1. The first-order chi connectivity index (χ1) is 9.35. The van der Waals surface area contributed by atoms with Crippen LogP contribution >= 0.6 is 0 Å². The topological polar surface area (TPSA) is 68.5 Å². The molecule has 1 aliphatic rings. The van der Waals surface area contributed by atoms with Gasteiger partial charge >= 0.3 is 6.09 Å². The van der Waals surface area contributed by atoms with E-state index in [-0.39, 0.29) is 12.1 Å². The number of aromatic nitrogens is 1. The molecule has 0 fully saturated rings. The van der Waals surface area contributed by atoms with Crippen LogP contribution < -0.4 is 5.73 Å². The lowest BCUT2D eigenvalue weighted by Gasteiger charge is -2.32. The van der Waals surface area contributed by atoms with Gasteiger partial charge in [0, 0.05) is 31.5 Å². The van der Waals surface area contributed by atoms with Crippen LogP contribution in [0.5, 0.6) is 0 Å². The maximum atomic E-state index is 12.1. The van der Waals surface area contributed by atoms with Crippen LogP contribution in [0.25, 0.3) is 5.57 Å². The molecule has 1 aliphatic heterocycles. The van der Waals surface area contributed by atoms with E-state index in [0.29, 0.717) is 13.1 Å². The highest BCUT2D eigenvalue weighted by atomic mass is 16.6. The van der Waals surface area contributed by atoms with Gasteiger partial charge in [-0.3, -0.25) is 4.98 Å². The van der Waals surface area contributed by atoms with Gasteiger partial charge in [-0.25, -0.2) is 4.79 Å². The van der Waals surface area contributed by atoms with Crippen molar-refractivity contribution >= 4 is 11.7 Å². The zero-order valence-electron chi connectivity index (χ0n) is 12.2. The van der Waals surface area contributed by atoms with Gasteiger partial charge in [0.15, 0.2) is 0 Å². The summed E-state index contributed by atoms with van der Waals surface area (Å²) in [5.74, 6) is 0. The Hall–Kier alpha value is -1.88. The molecule has 1 aromatic heterocycles. The fourth-order valence-corrected chi connectivity index (χ4v) is 2.09. The maximum absolute atomic E-state index is 12.1. The van der Waals surface area contributed by atoms with E-state index in [0.717, 1.165) is 11.1 Å². The van der Waals surface area contributed by atoms with Crippen molar-refractivity contribution in [3.05, 3.63) is 36.2 Å². The van der Waals surface area contributed by atoms with Gasteiger partial charge in [0.05, 0.1) is 0 Å². The summed E-state index contributed by atoms with van der Waals surface area (Å²) in [5, 5.41) is 0. The Morgan fingerprint density at radius 2 is 2.25 bits per heavy atom. The van der Waals surface area contributed by atoms with Crippen LogP contribution in [-0.4, -0.2) is 40.7 Å². The second-order valence-corrected chi connectivity index (χ2v) is 5.96. The van der Waals surface area contributed by atoms with Crippen LogP contribution in [0.3, 0.4) is 0 Å². The fourth-order valence-electron chi connectivity index (χ4n) is 2.09. The van der Waals surface area contributed by atoms with Crippen molar-refractivity contribution in [2.45, 2.75) is 32.4 Å². The van der Waals surface area contributed by atoms with Gasteiger partial charge in [-0.05, 0) is 38.0 Å². The van der Waals surface area contributed by atoms with Gasteiger partial charge in [0.25, 0.3) is 0 Å². The molecule has 0 aliphatic carbocycles. The second-order valence-electron chi connectivity index (χ2n) is 5.96. The number of pyridine rings is 1. The maximum Gasteiger partial charge on any atom is 0.410 e. The Kier molecular flexibility index (Phi) is 4.09. The standard InChI is InChI=1S/C15H21N3O2/c1-15(2,3)20-14(19)18-9-12(7-13(16)10-18)11-5-4-6-17-8-11/h4-8,13H,9-10,16H2,1-3H3. The molecule has 0 aromatic carbocycles. The Labute approximate surface area is 119 Å². The summed E-state index contributed by atoms with van der Waals surface area (Å²) in [7, 11) is 0. The second kappa shape index (κ2) is 5.63. The van der Waals surface area contributed by atoms with E-state index in [1.165, 1.54) is 0 Å². The number of carbonyl (C=O) groups excluding carboxylic acids is 1. The largest absolute Gasteiger partial charge is 0.444 e. The van der Waals surface area contributed by atoms with Crippen LogP contribution in [0, 0.1) is 0 Å². The summed E-state index contributed by atoms with van der Waals surface area (Å²) < 4.78 is 5.40. The Bertz CT molecular complexity index is 506. The molecule has 1 unspecified atom stereocenters. The summed E-state index contributed by atoms with van der Waals surface area (Å²) >= 11 is 0. The highest BCUT2D eigenvalue weighted by molar-refractivity contribution is 5.75. The predicted molar refractivity (Wildman–Crippen MR) is 78.0 cm³/mol. The zero-order valence-corrected chi connectivity index (χ0v) is 12.2. The van der Waals surface area contributed by atoms with Gasteiger partial charge in [-0.2, -0.15) is 0 Å². The molecule has 0 saturated carbocycles. The van der Waals surface area contributed by atoms with E-state index in [1.807, 2.05) is 39.0 Å². The first kappa shape index (κ1) is 14.5. The number of carbonyl (C=O) groups is 1. The third-order valence-corrected chi connectivity index (χ3v) is 2.89. The minimum Gasteiger partial charge on any atom is -0.444 e. The highest BCUT2D eigenvalue weighted by Gasteiger charge is 2.27. The summed E-state index contributed by atoms with van der Waals surface area (Å²) in [5.41, 5.74) is 7.49. The SMILES string of the molecule is CC(C)(C)OC(=O)N1CC(c2cccnc2)=CC(N)C1. The highest BCUT2D eigenvalue weighted by Crippen LogP contribution is 2.21. The Morgan fingerprint density at radius 1 is 1.50 bits per heavy atom. The fraction of sp³-hybridized carbons (Fsp3) is 0.467. The normalized spacial score (nSPS) is 19.5. The molecule has 1 atom stereocenters. The first-order valence-corrected chi connectivity index (χ1v) is 6.70. The number of nitrogens with two attached hydrogens (primary N) is 1. The molecular formula is C15H21N3O2. The molecule has 2 heterocycles. The average molecular weight is 275 g/mol. The summed E-state index contributed by atoms with van der Waals surface area (Å²) in [6.45, 7) is 6.53. The van der Waals surface area contributed by atoms with Gasteiger partial charge in [0.2, 0.25) is 0 Å². The molecule has 108 valence electrons. The summed E-state index contributed by atoms with van der Waals surface area (Å²) in [6.07, 6.45) is 5.15. The van der Waals surface area contributed by atoms with Crippen molar-refractivity contribution < 1.29 is 9.53 Å². The number of hydrogen-bond donors (Lipinski definition) is 1. The smallest absolute Gasteiger partial charge is 0.410 e. The minimum atomic E-state index is -0.503. The van der Waals surface area contributed by atoms with E-state index in [2.05, 4.69) is 4.98 Å². The van der Waals surface area contributed by atoms with Crippen molar-refractivity contribution in [1.29, 1.82) is 0 Å². The van der Waals surface area contributed by atoms with E-state index in [4.69, 9.17) is 10.5 Å². The third-order valence-electron chi connectivity index (χ3n) is 2.89. The zero-order chi connectivity index (χ0) is 14.8. The van der Waals surface area contributed by atoms with Crippen molar-refractivity contribution in [3.8, 4) is 0 Å². The molecule has 5 nitrogen and oxygen atoms in total. The van der Waals surface area contributed by atoms with Crippen molar-refractivity contribution in [1.82, 2.24) is 9.88 Å². The minimum absolute atomic E-state index is 0.188. The number of hydrogen-bond acceptors (Lipinski definition) is 4. The first-order valence-electron chi connectivity index (χ1n) is 6.70. The molecule has 0 spiro atoms. The lowest BCUT2D eigenvalue weighted by molar-refractivity contribution is 0.0265. The quantitative estimate of drug-likeness (QED) is 0.851. The molecule has 20 heavy (non-hydrogen) atoms. The molecule has 1 aromatic rings. The number of rotatable bonds is 1. The van der Waals surface area contributed by atoms with Crippen LogP contribution in [0.15, 0.2) is 30.6 Å². The lowest BCUT2D eigenvalue weighted by Crippen LogP contribution is -2.46. The summed E-state index contributed by atoms with van der Waals surface area (Å²) in [6, 6.07) is 3.64. The van der Waals surface area contributed by atoms with E-state index < -0.39 is 5.60 Å². The van der Waals surface area contributed by atoms with E-state index in [9.17, 15) is 4.79 Å². The number of amides is 1. The van der Waals surface area contributed by atoms with E-state index in [1.54, 1.807) is 17.3 Å². The van der Waals surface area contributed by atoms with Crippen molar-refractivity contribution in [3.63, 3.8) is 0 Å². The molecule has 0 bridgehead atoms. The Balaban J connectivity index is 2.13. The van der Waals surface area contributed by atoms with Crippen LogP contribution in [0.2, 0.25) is 0 Å². The third kappa shape index (κ3) is 3.81. The predicted octanol–water partition coefficient (Wildman–Crippen LogP) is 2.04. The Morgan fingerprint density at radius 3 is 2.85 bits per heavy atom. The number of nitrogens with zero attached hydrogens (tertiary/aromatic N) is 2. The van der Waals surface area contributed by atoms with Gasteiger partial charge in [-0.15, -0.1) is 0 Å². The van der Waals surface area contributed by atoms with E-state index >= 15 is 0 Å². The molecule has 1 amide bonds. The molecule has 0 radical (unpaired) electrons. The van der Waals surface area contributed by atoms with Crippen LogP contribution in [-0.2, 0) is 4.74 Å².